The number of nitrogens with zero attached hydrogens (tertiary/aromatic N) is 1. The highest BCUT2D eigenvalue weighted by molar-refractivity contribution is 5.81. The van der Waals surface area contributed by atoms with Gasteiger partial charge in [0.1, 0.15) is 0 Å². The summed E-state index contributed by atoms with van der Waals surface area (Å²) >= 11 is 0. The minimum Gasteiger partial charge on any atom is -0.342 e. The number of hydrogen-bond acceptors (Lipinski definition) is 2. The maximum absolute atomic E-state index is 11.8. The zero-order chi connectivity index (χ0) is 9.84. The van der Waals surface area contributed by atoms with Crippen LogP contribution in [-0.4, -0.2) is 36.5 Å². The lowest BCUT2D eigenvalue weighted by Crippen LogP contribution is -2.49. The number of piperidine rings is 1. The summed E-state index contributed by atoms with van der Waals surface area (Å²) < 4.78 is 0. The summed E-state index contributed by atoms with van der Waals surface area (Å²) in [6.07, 6.45) is 3.38. The Balaban J connectivity index is 2.45. The minimum absolute atomic E-state index is 0.0705. The van der Waals surface area contributed by atoms with Crippen LogP contribution in [0.1, 0.15) is 33.1 Å². The fourth-order valence-electron chi connectivity index (χ4n) is 1.56. The summed E-state index contributed by atoms with van der Waals surface area (Å²) in [6, 6.07) is 0.373. The quantitative estimate of drug-likeness (QED) is 0.694. The van der Waals surface area contributed by atoms with Gasteiger partial charge in [-0.05, 0) is 33.2 Å². The highest BCUT2D eigenvalue weighted by Gasteiger charge is 2.24. The molecule has 0 unspecified atom stereocenters. The Bertz CT molecular complexity index is 174. The molecule has 1 atom stereocenters. The second kappa shape index (κ2) is 4.61. The van der Waals surface area contributed by atoms with Gasteiger partial charge in [0.2, 0.25) is 5.91 Å². The molecule has 0 saturated carbocycles. The molecule has 1 aliphatic heterocycles. The molecule has 0 aromatic carbocycles. The summed E-state index contributed by atoms with van der Waals surface area (Å²) in [5.74, 6) is 0.245. The van der Waals surface area contributed by atoms with Crippen LogP contribution in [0.3, 0.4) is 0 Å². The second-order valence-corrected chi connectivity index (χ2v) is 4.05. The van der Waals surface area contributed by atoms with Gasteiger partial charge in [0.05, 0.1) is 6.04 Å². The number of rotatable bonds is 2. The van der Waals surface area contributed by atoms with Crippen molar-refractivity contribution < 1.29 is 4.79 Å². The highest BCUT2D eigenvalue weighted by atomic mass is 16.2. The molecule has 1 rings (SSSR count). The van der Waals surface area contributed by atoms with Crippen molar-refractivity contribution in [2.24, 2.45) is 0 Å². The number of likely N-dealkylation sites (N-methyl/N-ethyl adjacent to an activating group) is 1. The van der Waals surface area contributed by atoms with E-state index in [4.69, 9.17) is 0 Å². The van der Waals surface area contributed by atoms with Crippen molar-refractivity contribution >= 4 is 5.91 Å². The normalized spacial score (nSPS) is 23.2. The molecule has 1 amide bonds. The molecule has 0 spiro atoms. The van der Waals surface area contributed by atoms with E-state index in [0.717, 1.165) is 13.0 Å². The third-order valence-electron chi connectivity index (χ3n) is 2.73. The van der Waals surface area contributed by atoms with Gasteiger partial charge in [-0.2, -0.15) is 0 Å². The number of carbonyl (C=O) groups excluding carboxylic acids is 1. The van der Waals surface area contributed by atoms with Gasteiger partial charge in [0.15, 0.2) is 0 Å². The van der Waals surface area contributed by atoms with E-state index in [9.17, 15) is 4.79 Å². The number of amides is 1. The van der Waals surface area contributed by atoms with Crippen LogP contribution in [0.5, 0.6) is 0 Å². The first-order chi connectivity index (χ1) is 6.13. The lowest BCUT2D eigenvalue weighted by molar-refractivity contribution is -0.134. The van der Waals surface area contributed by atoms with E-state index in [0.29, 0.717) is 6.04 Å². The molecule has 0 aromatic heterocycles. The number of nitrogens with one attached hydrogen (secondary N) is 1. The van der Waals surface area contributed by atoms with Gasteiger partial charge in [-0.25, -0.2) is 0 Å². The molecule has 0 aromatic rings. The molecule has 0 aliphatic carbocycles. The minimum atomic E-state index is 0.0705. The molecule has 3 heteroatoms. The highest BCUT2D eigenvalue weighted by Crippen LogP contribution is 2.10. The monoisotopic (exact) mass is 184 g/mol. The van der Waals surface area contributed by atoms with Crippen LogP contribution < -0.4 is 5.32 Å². The summed E-state index contributed by atoms with van der Waals surface area (Å²) in [5, 5.41) is 3.26. The van der Waals surface area contributed by atoms with Gasteiger partial charge in [-0.15, -0.1) is 0 Å². The maximum Gasteiger partial charge on any atom is 0.239 e. The Labute approximate surface area is 80.5 Å². The molecule has 1 heterocycles. The lowest BCUT2D eigenvalue weighted by atomic mass is 10.0. The predicted molar refractivity (Wildman–Crippen MR) is 53.5 cm³/mol. The molecule has 0 radical (unpaired) electrons. The van der Waals surface area contributed by atoms with Gasteiger partial charge in [0.25, 0.3) is 0 Å². The largest absolute Gasteiger partial charge is 0.342 e. The summed E-state index contributed by atoms with van der Waals surface area (Å²) in [6.45, 7) is 5.07. The van der Waals surface area contributed by atoms with E-state index in [-0.39, 0.29) is 11.9 Å². The van der Waals surface area contributed by atoms with Gasteiger partial charge < -0.3 is 10.2 Å². The molecule has 1 N–H and O–H groups in total. The van der Waals surface area contributed by atoms with Gasteiger partial charge in [0, 0.05) is 13.1 Å². The molecule has 76 valence electrons. The van der Waals surface area contributed by atoms with Crippen molar-refractivity contribution in [1.29, 1.82) is 0 Å². The third-order valence-corrected chi connectivity index (χ3v) is 2.73. The third kappa shape index (κ3) is 2.69. The molecular formula is C10H20N2O. The topological polar surface area (TPSA) is 32.3 Å². The van der Waals surface area contributed by atoms with Crippen LogP contribution in [0.15, 0.2) is 0 Å². The smallest absolute Gasteiger partial charge is 0.239 e. The van der Waals surface area contributed by atoms with E-state index in [2.05, 4.69) is 5.32 Å². The SMILES string of the molecule is CC(C)N(C)C(=O)[C@@H]1CCCCN1. The maximum atomic E-state index is 11.8. The Morgan fingerprint density at radius 2 is 2.15 bits per heavy atom. The predicted octanol–water partition coefficient (Wildman–Crippen LogP) is 0.995. The standard InChI is InChI=1S/C10H20N2O/c1-8(2)12(3)10(13)9-6-4-5-7-11-9/h8-9,11H,4-7H2,1-3H3/t9-/m0/s1. The lowest BCUT2D eigenvalue weighted by Gasteiger charge is -2.29. The van der Waals surface area contributed by atoms with E-state index >= 15 is 0 Å². The van der Waals surface area contributed by atoms with Crippen molar-refractivity contribution in [1.82, 2.24) is 10.2 Å². The first-order valence-electron chi connectivity index (χ1n) is 5.13. The van der Waals surface area contributed by atoms with E-state index in [1.54, 1.807) is 0 Å². The van der Waals surface area contributed by atoms with E-state index < -0.39 is 0 Å². The molecule has 3 nitrogen and oxygen atoms in total. The van der Waals surface area contributed by atoms with Crippen LogP contribution >= 0.6 is 0 Å². The van der Waals surface area contributed by atoms with Crippen molar-refractivity contribution in [3.8, 4) is 0 Å². The molecule has 0 bridgehead atoms. The molecular weight excluding hydrogens is 164 g/mol. The average molecular weight is 184 g/mol. The van der Waals surface area contributed by atoms with Gasteiger partial charge >= 0.3 is 0 Å². The molecule has 1 fully saturated rings. The number of carbonyl (C=O) groups is 1. The van der Waals surface area contributed by atoms with Crippen LogP contribution in [0.2, 0.25) is 0 Å². The van der Waals surface area contributed by atoms with Crippen molar-refractivity contribution in [2.75, 3.05) is 13.6 Å². The van der Waals surface area contributed by atoms with Crippen LogP contribution in [0, 0.1) is 0 Å². The van der Waals surface area contributed by atoms with Crippen molar-refractivity contribution in [3.05, 3.63) is 0 Å². The zero-order valence-corrected chi connectivity index (χ0v) is 8.84. The van der Waals surface area contributed by atoms with E-state index in [1.807, 2.05) is 25.8 Å². The Hall–Kier alpha value is -0.570. The second-order valence-electron chi connectivity index (χ2n) is 4.05. The summed E-state index contributed by atoms with van der Waals surface area (Å²) in [7, 11) is 1.88. The van der Waals surface area contributed by atoms with Crippen LogP contribution in [0.4, 0.5) is 0 Å². The zero-order valence-electron chi connectivity index (χ0n) is 8.84. The van der Waals surface area contributed by atoms with Gasteiger partial charge in [-0.3, -0.25) is 4.79 Å². The first-order valence-corrected chi connectivity index (χ1v) is 5.13. The average Bonchev–Trinajstić information content (AvgIpc) is 2.17. The summed E-state index contributed by atoms with van der Waals surface area (Å²) in [5.41, 5.74) is 0. The Morgan fingerprint density at radius 3 is 2.62 bits per heavy atom. The molecule has 1 saturated heterocycles. The fraction of sp³-hybridized carbons (Fsp3) is 0.900. The van der Waals surface area contributed by atoms with Crippen molar-refractivity contribution in [3.63, 3.8) is 0 Å². The summed E-state index contributed by atoms with van der Waals surface area (Å²) in [4.78, 5) is 13.6. The Morgan fingerprint density at radius 1 is 1.46 bits per heavy atom. The van der Waals surface area contributed by atoms with Crippen LogP contribution in [-0.2, 0) is 4.79 Å². The van der Waals surface area contributed by atoms with Crippen molar-refractivity contribution in [2.45, 2.75) is 45.2 Å². The molecule has 1 aliphatic rings. The Kier molecular flexibility index (Phi) is 3.72. The number of hydrogen-bond donors (Lipinski definition) is 1. The van der Waals surface area contributed by atoms with E-state index in [1.165, 1.54) is 12.8 Å². The first kappa shape index (κ1) is 10.5. The van der Waals surface area contributed by atoms with Gasteiger partial charge in [-0.1, -0.05) is 6.42 Å². The van der Waals surface area contributed by atoms with Crippen LogP contribution in [0.25, 0.3) is 0 Å². The fourth-order valence-corrected chi connectivity index (χ4v) is 1.56. The molecule has 13 heavy (non-hydrogen) atoms.